The second-order valence-corrected chi connectivity index (χ2v) is 4.10. The quantitative estimate of drug-likeness (QED) is 0.569. The summed E-state index contributed by atoms with van der Waals surface area (Å²) in [4.78, 5) is 0. The number of hydrogen-bond donors (Lipinski definition) is 1. The number of benzene rings is 1. The Balaban J connectivity index is 2.39. The number of hydrogen-bond acceptors (Lipinski definition) is 1. The lowest BCUT2D eigenvalue weighted by atomic mass is 10.1. The topological polar surface area (TPSA) is 12.0 Å². The molecule has 1 nitrogen and oxygen atoms in total. The Morgan fingerprint density at radius 1 is 1.53 bits per heavy atom. The van der Waals surface area contributed by atoms with Crippen molar-refractivity contribution >= 4 is 11.6 Å². The number of allylic oxidation sites excluding steroid dienone is 1. The van der Waals surface area contributed by atoms with Gasteiger partial charge in [0.15, 0.2) is 0 Å². The van der Waals surface area contributed by atoms with Gasteiger partial charge < -0.3 is 5.32 Å². The van der Waals surface area contributed by atoms with Crippen molar-refractivity contribution in [1.82, 2.24) is 5.32 Å². The van der Waals surface area contributed by atoms with E-state index in [-0.39, 0.29) is 0 Å². The lowest BCUT2D eigenvalue weighted by Gasteiger charge is -2.14. The zero-order chi connectivity index (χ0) is 11.1. The molecular weight excluding hydrogens is 206 g/mol. The SMILES string of the molecule is C=CCCCN[C@H](C)c1cccc(Cl)c1. The van der Waals surface area contributed by atoms with Crippen LogP contribution in [0.25, 0.3) is 0 Å². The summed E-state index contributed by atoms with van der Waals surface area (Å²) in [5.74, 6) is 0. The molecule has 1 N–H and O–H groups in total. The van der Waals surface area contributed by atoms with Gasteiger partial charge in [-0.2, -0.15) is 0 Å². The van der Waals surface area contributed by atoms with Crippen molar-refractivity contribution < 1.29 is 0 Å². The summed E-state index contributed by atoms with van der Waals surface area (Å²) in [6, 6.07) is 8.34. The predicted octanol–water partition coefficient (Wildman–Crippen LogP) is 3.96. The molecule has 0 bridgehead atoms. The lowest BCUT2D eigenvalue weighted by molar-refractivity contribution is 0.561. The van der Waals surface area contributed by atoms with E-state index in [2.05, 4.69) is 24.9 Å². The fourth-order valence-corrected chi connectivity index (χ4v) is 1.66. The van der Waals surface area contributed by atoms with E-state index in [0.717, 1.165) is 24.4 Å². The van der Waals surface area contributed by atoms with Crippen molar-refractivity contribution in [3.05, 3.63) is 47.5 Å². The van der Waals surface area contributed by atoms with Gasteiger partial charge in [0.05, 0.1) is 0 Å². The molecule has 0 spiro atoms. The predicted molar refractivity (Wildman–Crippen MR) is 67.3 cm³/mol. The van der Waals surface area contributed by atoms with Crippen molar-refractivity contribution in [1.29, 1.82) is 0 Å². The molecule has 0 aliphatic heterocycles. The molecule has 0 saturated heterocycles. The van der Waals surface area contributed by atoms with Crippen LogP contribution in [0, 0.1) is 0 Å². The van der Waals surface area contributed by atoms with E-state index in [1.54, 1.807) is 0 Å². The molecule has 2 heteroatoms. The van der Waals surface area contributed by atoms with Crippen LogP contribution in [0.15, 0.2) is 36.9 Å². The molecule has 0 heterocycles. The normalized spacial score (nSPS) is 12.4. The van der Waals surface area contributed by atoms with Crippen molar-refractivity contribution in [2.24, 2.45) is 0 Å². The van der Waals surface area contributed by atoms with Gasteiger partial charge in [0.25, 0.3) is 0 Å². The Kier molecular flexibility index (Phi) is 5.44. The summed E-state index contributed by atoms with van der Waals surface area (Å²) in [6.07, 6.45) is 4.15. The lowest BCUT2D eigenvalue weighted by Crippen LogP contribution is -2.19. The van der Waals surface area contributed by atoms with Crippen molar-refractivity contribution in [2.45, 2.75) is 25.8 Å². The fourth-order valence-electron chi connectivity index (χ4n) is 1.46. The standard InChI is InChI=1S/C13H18ClN/c1-3-4-5-9-15-11(2)12-7-6-8-13(14)10-12/h3,6-8,10-11,15H,1,4-5,9H2,2H3/t11-/m1/s1. The van der Waals surface area contributed by atoms with Gasteiger partial charge >= 0.3 is 0 Å². The smallest absolute Gasteiger partial charge is 0.0409 e. The number of nitrogens with one attached hydrogen (secondary N) is 1. The molecule has 0 aliphatic rings. The van der Waals surface area contributed by atoms with Gasteiger partial charge in [0, 0.05) is 11.1 Å². The van der Waals surface area contributed by atoms with Crippen LogP contribution >= 0.6 is 11.6 Å². The van der Waals surface area contributed by atoms with Crippen LogP contribution in [0.2, 0.25) is 5.02 Å². The first-order valence-corrected chi connectivity index (χ1v) is 5.71. The van der Waals surface area contributed by atoms with E-state index < -0.39 is 0 Å². The first-order valence-electron chi connectivity index (χ1n) is 5.34. The summed E-state index contributed by atoms with van der Waals surface area (Å²) in [6.45, 7) is 6.87. The largest absolute Gasteiger partial charge is 0.310 e. The highest BCUT2D eigenvalue weighted by Gasteiger charge is 2.03. The monoisotopic (exact) mass is 223 g/mol. The molecule has 0 amide bonds. The third-order valence-electron chi connectivity index (χ3n) is 2.38. The summed E-state index contributed by atoms with van der Waals surface area (Å²) < 4.78 is 0. The van der Waals surface area contributed by atoms with Gasteiger partial charge in [-0.1, -0.05) is 29.8 Å². The van der Waals surface area contributed by atoms with Crippen molar-refractivity contribution in [2.75, 3.05) is 6.54 Å². The molecule has 0 radical (unpaired) electrons. The van der Waals surface area contributed by atoms with E-state index in [9.17, 15) is 0 Å². The Hall–Kier alpha value is -0.790. The molecule has 0 saturated carbocycles. The van der Waals surface area contributed by atoms with Crippen LogP contribution < -0.4 is 5.32 Å². The highest BCUT2D eigenvalue weighted by molar-refractivity contribution is 6.30. The minimum Gasteiger partial charge on any atom is -0.310 e. The van der Waals surface area contributed by atoms with E-state index in [0.29, 0.717) is 6.04 Å². The van der Waals surface area contributed by atoms with Crippen LogP contribution in [0.4, 0.5) is 0 Å². The van der Waals surface area contributed by atoms with Gasteiger partial charge in [-0.25, -0.2) is 0 Å². The molecular formula is C13H18ClN. The minimum atomic E-state index is 0.355. The minimum absolute atomic E-state index is 0.355. The first kappa shape index (κ1) is 12.3. The van der Waals surface area contributed by atoms with Gasteiger partial charge in [-0.05, 0) is 44.0 Å². The zero-order valence-corrected chi connectivity index (χ0v) is 9.93. The molecule has 1 rings (SSSR count). The molecule has 0 unspecified atom stereocenters. The summed E-state index contributed by atoms with van der Waals surface area (Å²) in [5.41, 5.74) is 1.24. The van der Waals surface area contributed by atoms with Gasteiger partial charge in [-0.15, -0.1) is 6.58 Å². The number of rotatable bonds is 6. The van der Waals surface area contributed by atoms with E-state index in [1.807, 2.05) is 24.3 Å². The van der Waals surface area contributed by atoms with Gasteiger partial charge in [0.2, 0.25) is 0 Å². The summed E-state index contributed by atoms with van der Waals surface area (Å²) >= 11 is 5.93. The Labute approximate surface area is 97.1 Å². The molecule has 82 valence electrons. The maximum absolute atomic E-state index is 5.93. The number of halogens is 1. The molecule has 0 aliphatic carbocycles. The highest BCUT2D eigenvalue weighted by atomic mass is 35.5. The van der Waals surface area contributed by atoms with Crippen LogP contribution in [0.5, 0.6) is 0 Å². The zero-order valence-electron chi connectivity index (χ0n) is 9.17. The Morgan fingerprint density at radius 2 is 2.33 bits per heavy atom. The molecule has 1 aromatic carbocycles. The fraction of sp³-hybridized carbons (Fsp3) is 0.385. The van der Waals surface area contributed by atoms with Gasteiger partial charge in [0.1, 0.15) is 0 Å². The second kappa shape index (κ2) is 6.65. The summed E-state index contributed by atoms with van der Waals surface area (Å²) in [7, 11) is 0. The second-order valence-electron chi connectivity index (χ2n) is 3.66. The van der Waals surface area contributed by atoms with Crippen LogP contribution in [0.1, 0.15) is 31.4 Å². The van der Waals surface area contributed by atoms with Gasteiger partial charge in [-0.3, -0.25) is 0 Å². The van der Waals surface area contributed by atoms with E-state index in [4.69, 9.17) is 11.6 Å². The average molecular weight is 224 g/mol. The van der Waals surface area contributed by atoms with E-state index >= 15 is 0 Å². The van der Waals surface area contributed by atoms with Crippen molar-refractivity contribution in [3.8, 4) is 0 Å². The first-order chi connectivity index (χ1) is 7.24. The van der Waals surface area contributed by atoms with Crippen LogP contribution in [-0.4, -0.2) is 6.54 Å². The van der Waals surface area contributed by atoms with Crippen LogP contribution in [0.3, 0.4) is 0 Å². The maximum Gasteiger partial charge on any atom is 0.0409 e. The number of unbranched alkanes of at least 4 members (excludes halogenated alkanes) is 1. The van der Waals surface area contributed by atoms with Crippen LogP contribution in [-0.2, 0) is 0 Å². The van der Waals surface area contributed by atoms with E-state index in [1.165, 1.54) is 5.56 Å². The molecule has 0 aromatic heterocycles. The average Bonchev–Trinajstić information content (AvgIpc) is 2.24. The third kappa shape index (κ3) is 4.50. The molecule has 1 aromatic rings. The van der Waals surface area contributed by atoms with Crippen molar-refractivity contribution in [3.63, 3.8) is 0 Å². The maximum atomic E-state index is 5.93. The molecule has 15 heavy (non-hydrogen) atoms. The molecule has 1 atom stereocenters. The Morgan fingerprint density at radius 3 is 3.00 bits per heavy atom. The summed E-state index contributed by atoms with van der Waals surface area (Å²) in [5, 5.41) is 4.25. The Bertz CT molecular complexity index is 309. The highest BCUT2D eigenvalue weighted by Crippen LogP contribution is 2.17. The molecule has 0 fully saturated rings. The third-order valence-corrected chi connectivity index (χ3v) is 2.62.